The van der Waals surface area contributed by atoms with Gasteiger partial charge in [0.25, 0.3) is 5.56 Å². The van der Waals surface area contributed by atoms with Crippen molar-refractivity contribution in [3.8, 4) is 0 Å². The first-order chi connectivity index (χ1) is 14.0. The molecule has 0 saturated carbocycles. The molecule has 1 amide bonds. The highest BCUT2D eigenvalue weighted by atomic mass is 16.4. The summed E-state index contributed by atoms with van der Waals surface area (Å²) in [4.78, 5) is 28.6. The number of aliphatic hydroxyl groups is 1. The number of hydrogen-bond donors (Lipinski definition) is 2. The monoisotopic (exact) mass is 390 g/mol. The van der Waals surface area contributed by atoms with Crippen molar-refractivity contribution in [1.29, 1.82) is 0 Å². The van der Waals surface area contributed by atoms with Crippen LogP contribution in [0, 0.1) is 0 Å². The molecule has 5 rings (SSSR count). The van der Waals surface area contributed by atoms with Gasteiger partial charge in [0, 0.05) is 29.9 Å². The SMILES string of the molecule is O=C(O)N1CCC(n2cc(C(O)=c3ccc4nc(=O)c5cccc3c45)cn2)CC1. The van der Waals surface area contributed by atoms with Crippen molar-refractivity contribution < 1.29 is 15.0 Å². The average Bonchev–Trinajstić information content (AvgIpc) is 3.35. The van der Waals surface area contributed by atoms with Gasteiger partial charge < -0.3 is 15.1 Å². The summed E-state index contributed by atoms with van der Waals surface area (Å²) in [5, 5.41) is 27.1. The van der Waals surface area contributed by atoms with Crippen LogP contribution in [-0.2, 0) is 0 Å². The zero-order chi connectivity index (χ0) is 20.1. The number of likely N-dealkylation sites (tertiary alicyclic amines) is 1. The van der Waals surface area contributed by atoms with Crippen LogP contribution >= 0.6 is 0 Å². The van der Waals surface area contributed by atoms with Gasteiger partial charge >= 0.3 is 6.09 Å². The fourth-order valence-corrected chi connectivity index (χ4v) is 4.17. The summed E-state index contributed by atoms with van der Waals surface area (Å²) in [6.45, 7) is 0.939. The Hall–Kier alpha value is -3.68. The minimum atomic E-state index is -0.896. The first kappa shape index (κ1) is 17.4. The van der Waals surface area contributed by atoms with Gasteiger partial charge in [-0.1, -0.05) is 12.1 Å². The van der Waals surface area contributed by atoms with E-state index < -0.39 is 6.09 Å². The van der Waals surface area contributed by atoms with E-state index in [4.69, 9.17) is 5.11 Å². The standard InChI is InChI=1S/C21H18N4O4/c26-19(12-10-22-25(11-12)13-6-8-24(9-7-13)21(28)29)15-4-5-17-18-14(15)2-1-3-16(18)20(27)23-17/h1-5,10-11,13,26H,6-9H2,(H,28,29). The van der Waals surface area contributed by atoms with Crippen molar-refractivity contribution in [2.75, 3.05) is 13.1 Å². The van der Waals surface area contributed by atoms with Gasteiger partial charge in [-0.15, -0.1) is 0 Å². The highest BCUT2D eigenvalue weighted by molar-refractivity contribution is 6.09. The Morgan fingerprint density at radius 2 is 1.83 bits per heavy atom. The van der Waals surface area contributed by atoms with Crippen LogP contribution in [0.1, 0.15) is 24.4 Å². The van der Waals surface area contributed by atoms with Crippen LogP contribution in [0.15, 0.2) is 47.5 Å². The minimum Gasteiger partial charge on any atom is -0.507 e. The molecular weight excluding hydrogens is 372 g/mol. The summed E-state index contributed by atoms with van der Waals surface area (Å²) >= 11 is 0. The molecule has 2 aromatic heterocycles. The molecule has 0 spiro atoms. The summed E-state index contributed by atoms with van der Waals surface area (Å²) in [6, 6.07) is 9.00. The Balaban J connectivity index is 1.54. The number of benzene rings is 2. The molecule has 3 heterocycles. The van der Waals surface area contributed by atoms with Crippen LogP contribution in [-0.4, -0.2) is 49.1 Å². The van der Waals surface area contributed by atoms with Gasteiger partial charge in [0.05, 0.1) is 28.7 Å². The Morgan fingerprint density at radius 1 is 1.07 bits per heavy atom. The smallest absolute Gasteiger partial charge is 0.407 e. The fourth-order valence-electron chi connectivity index (χ4n) is 4.17. The average molecular weight is 390 g/mol. The number of carboxylic acid groups (broad SMARTS) is 1. The lowest BCUT2D eigenvalue weighted by atomic mass is 10.0. The van der Waals surface area contributed by atoms with Crippen LogP contribution in [0.2, 0.25) is 0 Å². The number of piperidine rings is 1. The fraction of sp³-hybridized carbons (Fsp3) is 0.238. The molecular formula is C21H18N4O4. The molecule has 2 aromatic carbocycles. The quantitative estimate of drug-likeness (QED) is 0.543. The molecule has 1 aliphatic heterocycles. The molecule has 0 bridgehead atoms. The third kappa shape index (κ3) is 2.75. The minimum absolute atomic E-state index is 0.0854. The van der Waals surface area contributed by atoms with Gasteiger partial charge in [-0.05, 0) is 36.4 Å². The predicted octanol–water partition coefficient (Wildman–Crippen LogP) is 2.13. The highest BCUT2D eigenvalue weighted by Gasteiger charge is 2.24. The molecule has 0 aliphatic carbocycles. The second-order valence-corrected chi connectivity index (χ2v) is 7.34. The van der Waals surface area contributed by atoms with E-state index >= 15 is 0 Å². The molecule has 2 N–H and O–H groups in total. The first-order valence-corrected chi connectivity index (χ1v) is 9.43. The first-order valence-electron chi connectivity index (χ1n) is 9.43. The van der Waals surface area contributed by atoms with Crippen LogP contribution in [0.3, 0.4) is 0 Å². The third-order valence-corrected chi connectivity index (χ3v) is 5.71. The molecule has 1 aliphatic rings. The Morgan fingerprint density at radius 3 is 2.59 bits per heavy atom. The number of amides is 1. The molecule has 0 atom stereocenters. The van der Waals surface area contributed by atoms with E-state index in [1.807, 2.05) is 6.07 Å². The molecule has 4 aromatic rings. The summed E-state index contributed by atoms with van der Waals surface area (Å²) in [6.07, 6.45) is 3.86. The predicted molar refractivity (Wildman–Crippen MR) is 107 cm³/mol. The van der Waals surface area contributed by atoms with E-state index in [2.05, 4.69) is 10.1 Å². The van der Waals surface area contributed by atoms with Gasteiger partial charge in [-0.25, -0.2) is 9.78 Å². The van der Waals surface area contributed by atoms with Gasteiger partial charge in [0.1, 0.15) is 5.76 Å². The van der Waals surface area contributed by atoms with Gasteiger partial charge in [0.15, 0.2) is 0 Å². The summed E-state index contributed by atoms with van der Waals surface area (Å²) in [5.74, 6) is 0.0854. The molecule has 0 unspecified atom stereocenters. The number of hydrogen-bond acceptors (Lipinski definition) is 5. The molecule has 1 fully saturated rings. The Bertz CT molecular complexity index is 1340. The molecule has 8 nitrogen and oxygen atoms in total. The second kappa shape index (κ2) is 6.44. The van der Waals surface area contributed by atoms with Crippen molar-refractivity contribution in [3.63, 3.8) is 0 Å². The largest absolute Gasteiger partial charge is 0.507 e. The van der Waals surface area contributed by atoms with Crippen LogP contribution in [0.25, 0.3) is 27.4 Å². The molecule has 146 valence electrons. The number of aliphatic hydroxyl groups excluding tert-OH is 1. The van der Waals surface area contributed by atoms with E-state index in [1.54, 1.807) is 41.3 Å². The maximum absolute atomic E-state index is 12.1. The van der Waals surface area contributed by atoms with Gasteiger partial charge in [0.2, 0.25) is 0 Å². The number of carbonyl (C=O) groups is 1. The zero-order valence-electron chi connectivity index (χ0n) is 15.4. The molecule has 29 heavy (non-hydrogen) atoms. The van der Waals surface area contributed by atoms with Crippen LogP contribution < -0.4 is 10.8 Å². The van der Waals surface area contributed by atoms with Crippen LogP contribution in [0.5, 0.6) is 0 Å². The number of nitrogens with zero attached hydrogens (tertiary/aromatic N) is 4. The molecule has 0 radical (unpaired) electrons. The normalized spacial score (nSPS) is 16.6. The second-order valence-electron chi connectivity index (χ2n) is 7.34. The van der Waals surface area contributed by atoms with E-state index in [0.717, 1.165) is 10.8 Å². The van der Waals surface area contributed by atoms with Crippen molar-refractivity contribution in [3.05, 3.63) is 63.9 Å². The lowest BCUT2D eigenvalue weighted by Gasteiger charge is -2.29. The summed E-state index contributed by atoms with van der Waals surface area (Å²) < 4.78 is 1.80. The summed E-state index contributed by atoms with van der Waals surface area (Å²) in [7, 11) is 0. The van der Waals surface area contributed by atoms with E-state index in [-0.39, 0.29) is 17.4 Å². The van der Waals surface area contributed by atoms with E-state index in [1.165, 1.54) is 4.90 Å². The third-order valence-electron chi connectivity index (χ3n) is 5.71. The lowest BCUT2D eigenvalue weighted by molar-refractivity contribution is 0.124. The van der Waals surface area contributed by atoms with Crippen molar-refractivity contribution >= 4 is 33.5 Å². The highest BCUT2D eigenvalue weighted by Crippen LogP contribution is 2.24. The van der Waals surface area contributed by atoms with E-state index in [9.17, 15) is 14.7 Å². The maximum Gasteiger partial charge on any atom is 0.407 e. The summed E-state index contributed by atoms with van der Waals surface area (Å²) in [5.41, 5.74) is 0.938. The number of rotatable bonds is 2. The topological polar surface area (TPSA) is 109 Å². The number of aromatic nitrogens is 3. The lowest BCUT2D eigenvalue weighted by Crippen LogP contribution is -2.38. The van der Waals surface area contributed by atoms with Crippen molar-refractivity contribution in [1.82, 2.24) is 19.7 Å². The molecule has 8 heteroatoms. The van der Waals surface area contributed by atoms with Gasteiger partial charge in [-0.3, -0.25) is 9.48 Å². The van der Waals surface area contributed by atoms with Crippen molar-refractivity contribution in [2.24, 2.45) is 0 Å². The van der Waals surface area contributed by atoms with Crippen molar-refractivity contribution in [2.45, 2.75) is 18.9 Å². The Kier molecular flexibility index (Phi) is 3.87. The maximum atomic E-state index is 12.1. The van der Waals surface area contributed by atoms with E-state index in [0.29, 0.717) is 47.6 Å². The van der Waals surface area contributed by atoms with Crippen LogP contribution in [0.4, 0.5) is 4.79 Å². The zero-order valence-corrected chi connectivity index (χ0v) is 15.4. The Labute approximate surface area is 164 Å². The van der Waals surface area contributed by atoms with Gasteiger partial charge in [-0.2, -0.15) is 5.10 Å². The molecule has 1 saturated heterocycles.